The molecule has 0 radical (unpaired) electrons. The van der Waals surface area contributed by atoms with Gasteiger partial charge in [-0.1, -0.05) is 32.9 Å². The van der Waals surface area contributed by atoms with Crippen molar-refractivity contribution in [1.29, 1.82) is 0 Å². The van der Waals surface area contributed by atoms with E-state index in [1.54, 1.807) is 18.3 Å². The topological polar surface area (TPSA) is 48.1 Å². The van der Waals surface area contributed by atoms with E-state index in [0.29, 0.717) is 11.6 Å². The Morgan fingerprint density at radius 1 is 1.00 bits per heavy atom. The minimum Gasteiger partial charge on any atom is -0.439 e. The molecule has 0 spiro atoms. The maximum absolute atomic E-state index is 5.63. The molecule has 0 aliphatic heterocycles. The van der Waals surface area contributed by atoms with Gasteiger partial charge in [-0.15, -0.1) is 12.4 Å². The van der Waals surface area contributed by atoms with E-state index >= 15 is 0 Å². The van der Waals surface area contributed by atoms with Crippen LogP contribution in [0.15, 0.2) is 42.6 Å². The molecule has 0 unspecified atom stereocenters. The third kappa shape index (κ3) is 4.14. The number of pyridine rings is 1. The summed E-state index contributed by atoms with van der Waals surface area (Å²) in [6.45, 7) is 6.55. The number of nitrogens with two attached hydrogens (primary N) is 1. The van der Waals surface area contributed by atoms with Gasteiger partial charge < -0.3 is 10.5 Å². The van der Waals surface area contributed by atoms with E-state index < -0.39 is 0 Å². The molecule has 1 aromatic heterocycles. The molecule has 2 aromatic rings. The van der Waals surface area contributed by atoms with E-state index in [1.165, 1.54) is 5.56 Å². The zero-order valence-electron chi connectivity index (χ0n) is 11.4. The van der Waals surface area contributed by atoms with Crippen molar-refractivity contribution in [2.24, 2.45) is 0 Å². The molecule has 4 heteroatoms. The van der Waals surface area contributed by atoms with E-state index in [-0.39, 0.29) is 17.8 Å². The summed E-state index contributed by atoms with van der Waals surface area (Å²) in [4.78, 5) is 4.10. The standard InChI is InChI=1S/C15H18N2O.ClH/c1-15(2,3)11-4-7-13(8-5-11)18-14-9-6-12(16)10-17-14;/h4-10H,16H2,1-3H3;1H. The van der Waals surface area contributed by atoms with Gasteiger partial charge in [0.05, 0.1) is 11.9 Å². The summed E-state index contributed by atoms with van der Waals surface area (Å²) in [5.41, 5.74) is 7.63. The number of ether oxygens (including phenoxy) is 1. The van der Waals surface area contributed by atoms with Crippen LogP contribution in [0.25, 0.3) is 0 Å². The molecule has 0 bridgehead atoms. The summed E-state index contributed by atoms with van der Waals surface area (Å²) in [5.74, 6) is 1.33. The average molecular weight is 279 g/mol. The van der Waals surface area contributed by atoms with Crippen LogP contribution in [0, 0.1) is 0 Å². The zero-order valence-corrected chi connectivity index (χ0v) is 12.2. The van der Waals surface area contributed by atoms with Crippen molar-refractivity contribution in [3.05, 3.63) is 48.2 Å². The van der Waals surface area contributed by atoms with Crippen molar-refractivity contribution < 1.29 is 4.74 Å². The highest BCUT2D eigenvalue weighted by atomic mass is 35.5. The second kappa shape index (κ2) is 5.93. The van der Waals surface area contributed by atoms with Gasteiger partial charge in [-0.05, 0) is 29.2 Å². The van der Waals surface area contributed by atoms with Crippen molar-refractivity contribution in [2.75, 3.05) is 5.73 Å². The lowest BCUT2D eigenvalue weighted by molar-refractivity contribution is 0.462. The van der Waals surface area contributed by atoms with Gasteiger partial charge >= 0.3 is 0 Å². The van der Waals surface area contributed by atoms with Gasteiger partial charge in [-0.2, -0.15) is 0 Å². The van der Waals surface area contributed by atoms with Gasteiger partial charge in [0.1, 0.15) is 5.75 Å². The number of rotatable bonds is 2. The fourth-order valence-corrected chi connectivity index (χ4v) is 1.60. The van der Waals surface area contributed by atoms with Crippen LogP contribution in [-0.4, -0.2) is 4.98 Å². The number of hydrogen-bond acceptors (Lipinski definition) is 3. The lowest BCUT2D eigenvalue weighted by Crippen LogP contribution is -2.10. The zero-order chi connectivity index (χ0) is 13.2. The van der Waals surface area contributed by atoms with Crippen molar-refractivity contribution in [3.63, 3.8) is 0 Å². The molecule has 102 valence electrons. The molecular formula is C15H19ClN2O. The highest BCUT2D eigenvalue weighted by Gasteiger charge is 2.13. The SMILES string of the molecule is CC(C)(C)c1ccc(Oc2ccc(N)cn2)cc1.Cl. The van der Waals surface area contributed by atoms with Gasteiger partial charge in [-0.25, -0.2) is 4.98 Å². The molecule has 0 amide bonds. The molecule has 19 heavy (non-hydrogen) atoms. The average Bonchev–Trinajstić information content (AvgIpc) is 2.32. The molecular weight excluding hydrogens is 260 g/mol. The second-order valence-electron chi connectivity index (χ2n) is 5.31. The van der Waals surface area contributed by atoms with Gasteiger partial charge in [0, 0.05) is 6.07 Å². The van der Waals surface area contributed by atoms with Gasteiger partial charge in [0.15, 0.2) is 0 Å². The fraction of sp³-hybridized carbons (Fsp3) is 0.267. The van der Waals surface area contributed by atoms with E-state index in [4.69, 9.17) is 10.5 Å². The predicted molar refractivity (Wildman–Crippen MR) is 81.1 cm³/mol. The lowest BCUT2D eigenvalue weighted by atomic mass is 9.87. The van der Waals surface area contributed by atoms with E-state index in [9.17, 15) is 0 Å². The van der Waals surface area contributed by atoms with Crippen LogP contribution in [0.4, 0.5) is 5.69 Å². The molecule has 0 atom stereocenters. The smallest absolute Gasteiger partial charge is 0.219 e. The first-order valence-electron chi connectivity index (χ1n) is 5.95. The molecule has 2 N–H and O–H groups in total. The molecule has 2 rings (SSSR count). The van der Waals surface area contributed by atoms with Crippen LogP contribution >= 0.6 is 12.4 Å². The Bertz CT molecular complexity index is 515. The molecule has 0 fully saturated rings. The summed E-state index contributed by atoms with van der Waals surface area (Å²) in [6.07, 6.45) is 1.58. The first kappa shape index (κ1) is 15.3. The van der Waals surface area contributed by atoms with Crippen molar-refractivity contribution in [1.82, 2.24) is 4.98 Å². The number of halogens is 1. The Morgan fingerprint density at radius 3 is 2.11 bits per heavy atom. The summed E-state index contributed by atoms with van der Waals surface area (Å²) in [6, 6.07) is 11.6. The quantitative estimate of drug-likeness (QED) is 0.897. The largest absolute Gasteiger partial charge is 0.439 e. The van der Waals surface area contributed by atoms with Gasteiger partial charge in [-0.3, -0.25) is 0 Å². The van der Waals surface area contributed by atoms with Crippen LogP contribution in [0.5, 0.6) is 11.6 Å². The Labute approximate surface area is 120 Å². The fourth-order valence-electron chi connectivity index (χ4n) is 1.60. The molecule has 0 aliphatic rings. The third-order valence-corrected chi connectivity index (χ3v) is 2.70. The number of benzene rings is 1. The Kier molecular flexibility index (Phi) is 4.78. The van der Waals surface area contributed by atoms with Gasteiger partial charge in [0.25, 0.3) is 0 Å². The number of nitrogens with zero attached hydrogens (tertiary/aromatic N) is 1. The first-order valence-corrected chi connectivity index (χ1v) is 5.95. The molecule has 0 saturated carbocycles. The van der Waals surface area contributed by atoms with E-state index in [0.717, 1.165) is 5.75 Å². The van der Waals surface area contributed by atoms with Crippen LogP contribution in [0.1, 0.15) is 26.3 Å². The molecule has 0 saturated heterocycles. The first-order chi connectivity index (χ1) is 8.45. The Balaban J connectivity index is 0.00000180. The summed E-state index contributed by atoms with van der Waals surface area (Å²) < 4.78 is 5.63. The number of aromatic nitrogens is 1. The summed E-state index contributed by atoms with van der Waals surface area (Å²) in [5, 5.41) is 0. The minimum absolute atomic E-state index is 0. The molecule has 3 nitrogen and oxygen atoms in total. The third-order valence-electron chi connectivity index (χ3n) is 2.70. The van der Waals surface area contributed by atoms with Crippen molar-refractivity contribution in [2.45, 2.75) is 26.2 Å². The maximum atomic E-state index is 5.63. The van der Waals surface area contributed by atoms with E-state index in [1.807, 2.05) is 12.1 Å². The van der Waals surface area contributed by atoms with Crippen LogP contribution in [-0.2, 0) is 5.41 Å². The minimum atomic E-state index is 0. The Hall–Kier alpha value is -1.74. The van der Waals surface area contributed by atoms with Crippen molar-refractivity contribution in [3.8, 4) is 11.6 Å². The number of anilines is 1. The summed E-state index contributed by atoms with van der Waals surface area (Å²) >= 11 is 0. The molecule has 0 aliphatic carbocycles. The van der Waals surface area contributed by atoms with Crippen LogP contribution < -0.4 is 10.5 Å². The van der Waals surface area contributed by atoms with E-state index in [2.05, 4.69) is 37.9 Å². The molecule has 1 aromatic carbocycles. The number of nitrogen functional groups attached to an aromatic ring is 1. The second-order valence-corrected chi connectivity index (χ2v) is 5.31. The van der Waals surface area contributed by atoms with Gasteiger partial charge in [0.2, 0.25) is 5.88 Å². The maximum Gasteiger partial charge on any atom is 0.219 e. The van der Waals surface area contributed by atoms with Crippen molar-refractivity contribution >= 4 is 18.1 Å². The summed E-state index contributed by atoms with van der Waals surface area (Å²) in [7, 11) is 0. The van der Waals surface area contributed by atoms with Crippen LogP contribution in [0.3, 0.4) is 0 Å². The molecule has 1 heterocycles. The normalized spacial score (nSPS) is 10.7. The lowest BCUT2D eigenvalue weighted by Gasteiger charge is -2.19. The monoisotopic (exact) mass is 278 g/mol. The predicted octanol–water partition coefficient (Wildman–Crippen LogP) is 4.18. The number of hydrogen-bond donors (Lipinski definition) is 1. The van der Waals surface area contributed by atoms with Crippen LogP contribution in [0.2, 0.25) is 0 Å². The Morgan fingerprint density at radius 2 is 1.63 bits per heavy atom. The highest BCUT2D eigenvalue weighted by molar-refractivity contribution is 5.85. The highest BCUT2D eigenvalue weighted by Crippen LogP contribution is 2.26.